The minimum atomic E-state index is -0.147. The Morgan fingerprint density at radius 1 is 1.06 bits per heavy atom. The van der Waals surface area contributed by atoms with Crippen molar-refractivity contribution in [2.75, 3.05) is 23.0 Å². The van der Waals surface area contributed by atoms with Crippen molar-refractivity contribution in [2.24, 2.45) is 0 Å². The maximum atomic E-state index is 12.8. The highest BCUT2D eigenvalue weighted by Gasteiger charge is 2.22. The molecule has 0 spiro atoms. The molecule has 4 N–H and O–H groups in total. The Morgan fingerprint density at radius 3 is 2.69 bits per heavy atom. The van der Waals surface area contributed by atoms with Crippen LogP contribution in [-0.2, 0) is 6.54 Å². The van der Waals surface area contributed by atoms with Gasteiger partial charge in [0, 0.05) is 41.7 Å². The molecule has 0 radical (unpaired) electrons. The quantitative estimate of drug-likeness (QED) is 0.277. The Labute approximate surface area is 210 Å². The van der Waals surface area contributed by atoms with Gasteiger partial charge in [0.2, 0.25) is 0 Å². The van der Waals surface area contributed by atoms with Gasteiger partial charge in [0.05, 0.1) is 5.69 Å². The number of aromatic nitrogens is 4. The Kier molecular flexibility index (Phi) is 6.64. The van der Waals surface area contributed by atoms with Crippen molar-refractivity contribution >= 4 is 28.9 Å². The van der Waals surface area contributed by atoms with Crippen LogP contribution >= 0.6 is 0 Å². The van der Waals surface area contributed by atoms with Gasteiger partial charge in [-0.25, -0.2) is 9.97 Å². The van der Waals surface area contributed by atoms with Crippen LogP contribution in [0.25, 0.3) is 5.82 Å². The number of hydrogen-bond donors (Lipinski definition) is 4. The number of aryl methyl sites for hydroxylation is 2. The molecule has 1 aliphatic carbocycles. The highest BCUT2D eigenvalue weighted by molar-refractivity contribution is 6.04. The largest absolute Gasteiger partial charge is 0.367 e. The van der Waals surface area contributed by atoms with E-state index in [-0.39, 0.29) is 5.91 Å². The van der Waals surface area contributed by atoms with Crippen molar-refractivity contribution in [3.63, 3.8) is 0 Å². The smallest absolute Gasteiger partial charge is 0.255 e. The first kappa shape index (κ1) is 23.5. The molecule has 0 bridgehead atoms. The molecule has 184 valence electrons. The van der Waals surface area contributed by atoms with Crippen LogP contribution < -0.4 is 21.3 Å². The third kappa shape index (κ3) is 5.52. The molecule has 2 aromatic heterocycles. The van der Waals surface area contributed by atoms with Crippen LogP contribution in [0.3, 0.4) is 0 Å². The highest BCUT2D eigenvalue weighted by Crippen LogP contribution is 2.28. The summed E-state index contributed by atoms with van der Waals surface area (Å²) in [5.74, 6) is 2.07. The van der Waals surface area contributed by atoms with Crippen molar-refractivity contribution in [1.29, 1.82) is 0 Å². The van der Waals surface area contributed by atoms with Crippen molar-refractivity contribution in [3.8, 4) is 5.82 Å². The number of nitrogens with one attached hydrogen (secondary N) is 4. The molecule has 0 unspecified atom stereocenters. The van der Waals surface area contributed by atoms with E-state index in [1.54, 1.807) is 11.0 Å². The number of rotatable bonds is 9. The van der Waals surface area contributed by atoms with E-state index < -0.39 is 0 Å². The lowest BCUT2D eigenvalue weighted by molar-refractivity contribution is 0.102. The number of carbonyl (C=O) groups excluding carboxylic acids is 1. The van der Waals surface area contributed by atoms with Crippen LogP contribution in [0.5, 0.6) is 0 Å². The Morgan fingerprint density at radius 2 is 1.92 bits per heavy atom. The number of benzene rings is 2. The number of amides is 1. The van der Waals surface area contributed by atoms with Crippen molar-refractivity contribution < 1.29 is 4.79 Å². The fourth-order valence-corrected chi connectivity index (χ4v) is 3.90. The molecule has 4 aromatic rings. The molecule has 0 saturated heterocycles. The molecule has 9 heteroatoms. The van der Waals surface area contributed by atoms with E-state index in [4.69, 9.17) is 5.10 Å². The van der Waals surface area contributed by atoms with Crippen LogP contribution in [0, 0.1) is 13.8 Å². The van der Waals surface area contributed by atoms with E-state index in [1.807, 2.05) is 75.5 Å². The minimum Gasteiger partial charge on any atom is -0.367 e. The zero-order chi connectivity index (χ0) is 25.1. The average Bonchev–Trinajstić information content (AvgIpc) is 3.59. The molecule has 1 amide bonds. The summed E-state index contributed by atoms with van der Waals surface area (Å²) in [4.78, 5) is 21.6. The predicted molar refractivity (Wildman–Crippen MR) is 142 cm³/mol. The lowest BCUT2D eigenvalue weighted by Gasteiger charge is -2.14. The molecule has 36 heavy (non-hydrogen) atoms. The zero-order valence-corrected chi connectivity index (χ0v) is 20.7. The van der Waals surface area contributed by atoms with Gasteiger partial charge in [-0.05, 0) is 63.6 Å². The maximum absolute atomic E-state index is 12.8. The van der Waals surface area contributed by atoms with Crippen LogP contribution in [0.15, 0.2) is 60.9 Å². The normalized spacial score (nSPS) is 12.9. The van der Waals surface area contributed by atoms with Crippen molar-refractivity contribution in [2.45, 2.75) is 39.3 Å². The van der Waals surface area contributed by atoms with Crippen molar-refractivity contribution in [1.82, 2.24) is 25.1 Å². The summed E-state index contributed by atoms with van der Waals surface area (Å²) in [6.07, 6.45) is 3.88. The molecular formula is C27H30N8O. The molecular weight excluding hydrogens is 452 g/mol. The lowest BCUT2D eigenvalue weighted by Crippen LogP contribution is -2.12. The van der Waals surface area contributed by atoms with Gasteiger partial charge in [-0.2, -0.15) is 9.78 Å². The number of anilines is 4. The predicted octanol–water partition coefficient (Wildman–Crippen LogP) is 4.57. The molecule has 1 aliphatic rings. The molecule has 0 aliphatic heterocycles. The second kappa shape index (κ2) is 10.2. The Hall–Kier alpha value is -4.24. The fraction of sp³-hybridized carbons (Fsp3) is 0.259. The fourth-order valence-electron chi connectivity index (χ4n) is 3.90. The van der Waals surface area contributed by atoms with Gasteiger partial charge in [0.25, 0.3) is 5.91 Å². The summed E-state index contributed by atoms with van der Waals surface area (Å²) < 4.78 is 1.78. The van der Waals surface area contributed by atoms with Crippen LogP contribution in [0.4, 0.5) is 23.0 Å². The molecule has 0 atom stereocenters. The van der Waals surface area contributed by atoms with E-state index >= 15 is 0 Å². The summed E-state index contributed by atoms with van der Waals surface area (Å²) in [7, 11) is 1.89. The number of nitrogens with zero attached hydrogens (tertiary/aromatic N) is 4. The second-order valence-electron chi connectivity index (χ2n) is 9.12. The Bertz CT molecular complexity index is 1390. The van der Waals surface area contributed by atoms with E-state index in [9.17, 15) is 4.79 Å². The molecule has 2 heterocycles. The average molecular weight is 483 g/mol. The second-order valence-corrected chi connectivity index (χ2v) is 9.12. The van der Waals surface area contributed by atoms with Crippen LogP contribution in [-0.4, -0.2) is 38.7 Å². The van der Waals surface area contributed by atoms with Crippen LogP contribution in [0.2, 0.25) is 0 Å². The van der Waals surface area contributed by atoms with E-state index in [1.165, 1.54) is 0 Å². The molecule has 1 fully saturated rings. The van der Waals surface area contributed by atoms with Gasteiger partial charge in [-0.3, -0.25) is 4.79 Å². The summed E-state index contributed by atoms with van der Waals surface area (Å²) in [6, 6.07) is 17.7. The van der Waals surface area contributed by atoms with E-state index in [2.05, 4.69) is 31.2 Å². The van der Waals surface area contributed by atoms with Gasteiger partial charge in [0.1, 0.15) is 18.0 Å². The van der Waals surface area contributed by atoms with Gasteiger partial charge < -0.3 is 21.3 Å². The lowest BCUT2D eigenvalue weighted by atomic mass is 10.1. The third-order valence-electron chi connectivity index (χ3n) is 5.96. The summed E-state index contributed by atoms with van der Waals surface area (Å²) in [5.41, 5.74) is 5.13. The first-order chi connectivity index (χ1) is 17.5. The van der Waals surface area contributed by atoms with Gasteiger partial charge in [-0.1, -0.05) is 23.8 Å². The van der Waals surface area contributed by atoms with E-state index in [0.29, 0.717) is 29.7 Å². The van der Waals surface area contributed by atoms with Gasteiger partial charge in [-0.15, -0.1) is 0 Å². The molecule has 2 aromatic carbocycles. The summed E-state index contributed by atoms with van der Waals surface area (Å²) in [5, 5.41) is 17.8. The highest BCUT2D eigenvalue weighted by atomic mass is 16.1. The SMILES string of the molecule is CNCc1cc(Nc2cc(NC(=O)c3cccc(C)c3)ccc2C)n(-c2cc(NC3CC3)ncn2)n1. The standard InChI is InChI=1S/C27H30N8O/c1-17-5-4-6-19(11-17)27(36)32-21-8-7-18(2)23(12-21)33-26-13-22(15-28-3)34-35(26)25-14-24(29-16-30-25)31-20-9-10-20/h4-8,11-14,16,20,28,33H,9-10,15H2,1-3H3,(H,32,36)(H,29,30,31). The first-order valence-electron chi connectivity index (χ1n) is 12.1. The van der Waals surface area contributed by atoms with E-state index in [0.717, 1.165) is 47.0 Å². The maximum Gasteiger partial charge on any atom is 0.255 e. The van der Waals surface area contributed by atoms with Crippen molar-refractivity contribution in [3.05, 3.63) is 83.3 Å². The number of hydrogen-bond acceptors (Lipinski definition) is 7. The van der Waals surface area contributed by atoms with Crippen LogP contribution in [0.1, 0.15) is 40.0 Å². The topological polar surface area (TPSA) is 109 Å². The molecule has 5 rings (SSSR count). The molecule has 1 saturated carbocycles. The Balaban J connectivity index is 1.42. The number of carbonyl (C=O) groups is 1. The minimum absolute atomic E-state index is 0.147. The summed E-state index contributed by atoms with van der Waals surface area (Å²) in [6.45, 7) is 4.61. The zero-order valence-electron chi connectivity index (χ0n) is 20.7. The first-order valence-corrected chi connectivity index (χ1v) is 12.1. The monoisotopic (exact) mass is 482 g/mol. The third-order valence-corrected chi connectivity index (χ3v) is 5.96. The molecule has 9 nitrogen and oxygen atoms in total. The van der Waals surface area contributed by atoms with Gasteiger partial charge >= 0.3 is 0 Å². The van der Waals surface area contributed by atoms with Gasteiger partial charge in [0.15, 0.2) is 5.82 Å². The summed E-state index contributed by atoms with van der Waals surface area (Å²) >= 11 is 0.